The van der Waals surface area contributed by atoms with Crippen molar-refractivity contribution in [2.45, 2.75) is 33.2 Å². The van der Waals surface area contributed by atoms with Crippen LogP contribution in [0.25, 0.3) is 11.0 Å². The second kappa shape index (κ2) is 10.7. The SMILES string of the molecule is CCOc1ccc(CNC(=O)c2ccc3nc(CCc4ccc(NC(C)=O)cc4)[nH]c3c2)cc1. The highest BCUT2D eigenvalue weighted by Crippen LogP contribution is 2.17. The molecule has 0 saturated carbocycles. The number of imidazole rings is 1. The summed E-state index contributed by atoms with van der Waals surface area (Å²) in [4.78, 5) is 31.8. The molecule has 0 unspecified atom stereocenters. The van der Waals surface area contributed by atoms with Crippen molar-refractivity contribution in [3.8, 4) is 5.75 Å². The molecule has 0 radical (unpaired) electrons. The lowest BCUT2D eigenvalue weighted by Gasteiger charge is -2.07. The molecule has 3 N–H and O–H groups in total. The number of H-pyrrole nitrogens is 1. The van der Waals surface area contributed by atoms with E-state index in [1.54, 1.807) is 6.07 Å². The van der Waals surface area contributed by atoms with Crippen LogP contribution in [0.15, 0.2) is 66.7 Å². The number of ether oxygens (including phenoxy) is 1. The Bertz CT molecular complexity index is 1280. The van der Waals surface area contributed by atoms with E-state index in [-0.39, 0.29) is 11.8 Å². The van der Waals surface area contributed by atoms with E-state index >= 15 is 0 Å². The molecule has 0 bridgehead atoms. The lowest BCUT2D eigenvalue weighted by Crippen LogP contribution is -2.22. The van der Waals surface area contributed by atoms with Crippen molar-refractivity contribution in [1.29, 1.82) is 0 Å². The molecule has 4 aromatic rings. The molecule has 2 amide bonds. The number of anilines is 1. The average Bonchev–Trinajstić information content (AvgIpc) is 3.25. The number of aromatic nitrogens is 2. The van der Waals surface area contributed by atoms with Gasteiger partial charge in [0.25, 0.3) is 5.91 Å². The molecule has 0 saturated heterocycles. The zero-order chi connectivity index (χ0) is 23.9. The smallest absolute Gasteiger partial charge is 0.251 e. The molecular formula is C27H28N4O3. The number of nitrogens with one attached hydrogen (secondary N) is 3. The normalized spacial score (nSPS) is 10.8. The van der Waals surface area contributed by atoms with Gasteiger partial charge in [-0.2, -0.15) is 0 Å². The van der Waals surface area contributed by atoms with Crippen LogP contribution in [0.1, 0.15) is 41.2 Å². The summed E-state index contributed by atoms with van der Waals surface area (Å²) in [5.74, 6) is 1.47. The van der Waals surface area contributed by atoms with Crippen LogP contribution in [-0.4, -0.2) is 28.4 Å². The van der Waals surface area contributed by atoms with Crippen LogP contribution >= 0.6 is 0 Å². The van der Waals surface area contributed by atoms with Crippen LogP contribution < -0.4 is 15.4 Å². The van der Waals surface area contributed by atoms with Gasteiger partial charge in [0.15, 0.2) is 0 Å². The Kier molecular flexibility index (Phi) is 7.22. The Morgan fingerprint density at radius 3 is 2.38 bits per heavy atom. The standard InChI is InChI=1S/C27H28N4O3/c1-3-34-23-12-6-20(7-13-23)17-28-27(33)21-9-14-24-25(16-21)31-26(30-24)15-8-19-4-10-22(11-5-19)29-18(2)32/h4-7,9-14,16H,3,8,15,17H2,1-2H3,(H,28,33)(H,29,32)(H,30,31). The zero-order valence-corrected chi connectivity index (χ0v) is 19.4. The third kappa shape index (κ3) is 6.01. The molecular weight excluding hydrogens is 428 g/mol. The first-order valence-electron chi connectivity index (χ1n) is 11.4. The number of hydrogen-bond donors (Lipinski definition) is 3. The summed E-state index contributed by atoms with van der Waals surface area (Å²) in [6, 6.07) is 21.0. The van der Waals surface area contributed by atoms with Gasteiger partial charge in [0.2, 0.25) is 5.91 Å². The lowest BCUT2D eigenvalue weighted by atomic mass is 10.1. The minimum absolute atomic E-state index is 0.0840. The molecule has 7 heteroatoms. The van der Waals surface area contributed by atoms with Crippen LogP contribution in [0.4, 0.5) is 5.69 Å². The molecule has 1 heterocycles. The fourth-order valence-corrected chi connectivity index (χ4v) is 3.70. The maximum Gasteiger partial charge on any atom is 0.251 e. The largest absolute Gasteiger partial charge is 0.494 e. The van der Waals surface area contributed by atoms with Crippen LogP contribution in [0, 0.1) is 0 Å². The Morgan fingerprint density at radius 1 is 0.941 bits per heavy atom. The molecule has 34 heavy (non-hydrogen) atoms. The Hall–Kier alpha value is -4.13. The maximum absolute atomic E-state index is 12.6. The molecule has 1 aromatic heterocycles. The van der Waals surface area contributed by atoms with E-state index in [2.05, 4.69) is 20.6 Å². The van der Waals surface area contributed by atoms with Gasteiger partial charge in [-0.25, -0.2) is 4.98 Å². The predicted molar refractivity (Wildman–Crippen MR) is 133 cm³/mol. The summed E-state index contributed by atoms with van der Waals surface area (Å²) in [6.07, 6.45) is 1.56. The fraction of sp³-hybridized carbons (Fsp3) is 0.222. The maximum atomic E-state index is 12.6. The van der Waals surface area contributed by atoms with Crippen molar-refractivity contribution in [3.05, 3.63) is 89.2 Å². The zero-order valence-electron chi connectivity index (χ0n) is 19.4. The van der Waals surface area contributed by atoms with Crippen LogP contribution in [-0.2, 0) is 24.2 Å². The first kappa shape index (κ1) is 23.0. The van der Waals surface area contributed by atoms with E-state index in [9.17, 15) is 9.59 Å². The lowest BCUT2D eigenvalue weighted by molar-refractivity contribution is -0.114. The minimum Gasteiger partial charge on any atom is -0.494 e. The quantitative estimate of drug-likeness (QED) is 0.342. The highest BCUT2D eigenvalue weighted by Gasteiger charge is 2.10. The molecule has 0 atom stereocenters. The second-order valence-electron chi connectivity index (χ2n) is 8.05. The van der Waals surface area contributed by atoms with Gasteiger partial charge in [0.1, 0.15) is 11.6 Å². The number of carbonyl (C=O) groups is 2. The second-order valence-corrected chi connectivity index (χ2v) is 8.05. The molecule has 0 spiro atoms. The van der Waals surface area contributed by atoms with E-state index in [0.29, 0.717) is 18.7 Å². The molecule has 0 aliphatic rings. The third-order valence-corrected chi connectivity index (χ3v) is 5.41. The Morgan fingerprint density at radius 2 is 1.68 bits per heavy atom. The summed E-state index contributed by atoms with van der Waals surface area (Å²) in [5, 5.41) is 5.73. The molecule has 0 fully saturated rings. The van der Waals surface area contributed by atoms with E-state index in [0.717, 1.165) is 52.3 Å². The summed E-state index contributed by atoms with van der Waals surface area (Å²) < 4.78 is 5.45. The Balaban J connectivity index is 1.34. The first-order valence-corrected chi connectivity index (χ1v) is 11.4. The average molecular weight is 457 g/mol. The molecule has 3 aromatic carbocycles. The number of aryl methyl sites for hydroxylation is 2. The molecule has 0 aliphatic carbocycles. The number of carbonyl (C=O) groups excluding carboxylic acids is 2. The third-order valence-electron chi connectivity index (χ3n) is 5.41. The topological polar surface area (TPSA) is 96.1 Å². The number of hydrogen-bond acceptors (Lipinski definition) is 4. The van der Waals surface area contributed by atoms with Gasteiger partial charge in [-0.15, -0.1) is 0 Å². The van der Waals surface area contributed by atoms with Crippen molar-refractivity contribution in [3.63, 3.8) is 0 Å². The Labute approximate surface area is 198 Å². The van der Waals surface area contributed by atoms with Crippen molar-refractivity contribution >= 4 is 28.5 Å². The van der Waals surface area contributed by atoms with Crippen molar-refractivity contribution < 1.29 is 14.3 Å². The van der Waals surface area contributed by atoms with Crippen LogP contribution in [0.5, 0.6) is 5.75 Å². The first-order chi connectivity index (χ1) is 16.5. The monoisotopic (exact) mass is 456 g/mol. The van der Waals surface area contributed by atoms with Gasteiger partial charge in [-0.05, 0) is 66.9 Å². The van der Waals surface area contributed by atoms with E-state index < -0.39 is 0 Å². The fourth-order valence-electron chi connectivity index (χ4n) is 3.70. The predicted octanol–water partition coefficient (Wildman–Crippen LogP) is 4.64. The van der Waals surface area contributed by atoms with Crippen LogP contribution in [0.2, 0.25) is 0 Å². The van der Waals surface area contributed by atoms with Crippen LogP contribution in [0.3, 0.4) is 0 Å². The number of nitrogens with zero attached hydrogens (tertiary/aromatic N) is 1. The number of benzene rings is 3. The number of aromatic amines is 1. The van der Waals surface area contributed by atoms with Crippen molar-refractivity contribution in [1.82, 2.24) is 15.3 Å². The molecule has 174 valence electrons. The molecule has 4 rings (SSSR count). The van der Waals surface area contributed by atoms with Gasteiger partial charge in [0.05, 0.1) is 17.6 Å². The van der Waals surface area contributed by atoms with Gasteiger partial charge in [-0.3, -0.25) is 9.59 Å². The highest BCUT2D eigenvalue weighted by molar-refractivity contribution is 5.97. The van der Waals surface area contributed by atoms with Crippen molar-refractivity contribution in [2.75, 3.05) is 11.9 Å². The number of amides is 2. The van der Waals surface area contributed by atoms with E-state index in [1.165, 1.54) is 6.92 Å². The summed E-state index contributed by atoms with van der Waals surface area (Å²) >= 11 is 0. The summed E-state index contributed by atoms with van der Waals surface area (Å²) in [5.41, 5.74) is 5.20. The van der Waals surface area contributed by atoms with E-state index in [4.69, 9.17) is 4.74 Å². The van der Waals surface area contributed by atoms with E-state index in [1.807, 2.05) is 67.6 Å². The number of fused-ring (bicyclic) bond motifs is 1. The van der Waals surface area contributed by atoms with Crippen molar-refractivity contribution in [2.24, 2.45) is 0 Å². The highest BCUT2D eigenvalue weighted by atomic mass is 16.5. The summed E-state index contributed by atoms with van der Waals surface area (Å²) in [7, 11) is 0. The van der Waals surface area contributed by atoms with Gasteiger partial charge < -0.3 is 20.4 Å². The number of rotatable bonds is 9. The van der Waals surface area contributed by atoms with Gasteiger partial charge in [-0.1, -0.05) is 24.3 Å². The minimum atomic E-state index is -0.133. The molecule has 7 nitrogen and oxygen atoms in total. The summed E-state index contributed by atoms with van der Waals surface area (Å²) in [6.45, 7) is 4.51. The van der Waals surface area contributed by atoms with Gasteiger partial charge >= 0.3 is 0 Å². The van der Waals surface area contributed by atoms with Gasteiger partial charge in [0, 0.05) is 31.1 Å². The molecule has 0 aliphatic heterocycles.